The zero-order chi connectivity index (χ0) is 17.5. The molecule has 1 aromatic carbocycles. The highest BCUT2D eigenvalue weighted by molar-refractivity contribution is 5.92. The molecular formula is C19H21N5O. The smallest absolute Gasteiger partial charge is 0.238 e. The Labute approximate surface area is 147 Å². The first-order valence-corrected chi connectivity index (χ1v) is 8.37. The summed E-state index contributed by atoms with van der Waals surface area (Å²) in [6.45, 7) is 3.43. The standard InChI is InChI=1S/C19H21N5O/c20-13-18(16-5-2-1-3-6-16)24-11-9-23(10-12-24)15-19(25)22-17-7-4-8-21-14-17/h1-8,14,18H,9-12,15H2,(H,22,25)/t18-/m1/s1. The van der Waals surface area contributed by atoms with E-state index in [2.05, 4.69) is 26.2 Å². The lowest BCUT2D eigenvalue weighted by atomic mass is 10.1. The van der Waals surface area contributed by atoms with Gasteiger partial charge in [0.05, 0.1) is 24.5 Å². The predicted octanol–water partition coefficient (Wildman–Crippen LogP) is 1.90. The molecule has 1 amide bonds. The molecule has 1 saturated heterocycles. The molecule has 1 aliphatic rings. The molecule has 1 atom stereocenters. The summed E-state index contributed by atoms with van der Waals surface area (Å²) < 4.78 is 0. The van der Waals surface area contributed by atoms with Gasteiger partial charge in [0, 0.05) is 32.4 Å². The zero-order valence-electron chi connectivity index (χ0n) is 14.0. The number of anilines is 1. The Morgan fingerprint density at radius 3 is 2.56 bits per heavy atom. The molecule has 0 saturated carbocycles. The number of carbonyl (C=O) groups excluding carboxylic acids is 1. The predicted molar refractivity (Wildman–Crippen MR) is 95.7 cm³/mol. The van der Waals surface area contributed by atoms with Crippen LogP contribution < -0.4 is 5.32 Å². The summed E-state index contributed by atoms with van der Waals surface area (Å²) in [6, 6.07) is 15.6. The molecule has 1 aromatic heterocycles. The molecule has 2 heterocycles. The lowest BCUT2D eigenvalue weighted by Gasteiger charge is -2.36. The first-order chi connectivity index (χ1) is 12.3. The normalized spacial score (nSPS) is 16.8. The van der Waals surface area contributed by atoms with Gasteiger partial charge in [-0.1, -0.05) is 30.3 Å². The van der Waals surface area contributed by atoms with Crippen LogP contribution in [0.5, 0.6) is 0 Å². The molecule has 128 valence electrons. The van der Waals surface area contributed by atoms with E-state index in [-0.39, 0.29) is 11.9 Å². The van der Waals surface area contributed by atoms with Gasteiger partial charge in [-0.3, -0.25) is 19.6 Å². The molecule has 1 aliphatic heterocycles. The van der Waals surface area contributed by atoms with Crippen molar-refractivity contribution in [1.82, 2.24) is 14.8 Å². The number of nitriles is 1. The molecule has 6 heteroatoms. The third-order valence-corrected chi connectivity index (χ3v) is 4.32. The number of rotatable bonds is 5. The van der Waals surface area contributed by atoms with Crippen LogP contribution >= 0.6 is 0 Å². The number of hydrogen-bond donors (Lipinski definition) is 1. The van der Waals surface area contributed by atoms with Gasteiger partial charge in [-0.05, 0) is 17.7 Å². The van der Waals surface area contributed by atoms with E-state index < -0.39 is 0 Å². The lowest BCUT2D eigenvalue weighted by molar-refractivity contribution is -0.117. The fourth-order valence-electron chi connectivity index (χ4n) is 3.02. The maximum atomic E-state index is 12.1. The Bertz CT molecular complexity index is 720. The van der Waals surface area contributed by atoms with E-state index in [9.17, 15) is 10.1 Å². The Morgan fingerprint density at radius 2 is 1.92 bits per heavy atom. The largest absolute Gasteiger partial charge is 0.324 e. The Balaban J connectivity index is 1.50. The summed E-state index contributed by atoms with van der Waals surface area (Å²) in [6.07, 6.45) is 3.31. The third-order valence-electron chi connectivity index (χ3n) is 4.32. The maximum absolute atomic E-state index is 12.1. The Hall–Kier alpha value is -2.75. The minimum absolute atomic E-state index is 0.0404. The highest BCUT2D eigenvalue weighted by atomic mass is 16.2. The van der Waals surface area contributed by atoms with E-state index in [0.717, 1.165) is 31.7 Å². The quantitative estimate of drug-likeness (QED) is 0.903. The molecular weight excluding hydrogens is 314 g/mol. The number of nitrogens with one attached hydrogen (secondary N) is 1. The summed E-state index contributed by atoms with van der Waals surface area (Å²) in [5, 5.41) is 12.4. The van der Waals surface area contributed by atoms with Crippen molar-refractivity contribution in [1.29, 1.82) is 5.26 Å². The molecule has 0 unspecified atom stereocenters. The minimum Gasteiger partial charge on any atom is -0.324 e. The summed E-state index contributed by atoms with van der Waals surface area (Å²) in [7, 11) is 0. The van der Waals surface area contributed by atoms with Crippen molar-refractivity contribution < 1.29 is 4.79 Å². The van der Waals surface area contributed by atoms with Crippen LogP contribution in [0.1, 0.15) is 11.6 Å². The highest BCUT2D eigenvalue weighted by Crippen LogP contribution is 2.21. The molecule has 0 radical (unpaired) electrons. The molecule has 0 aliphatic carbocycles. The second-order valence-corrected chi connectivity index (χ2v) is 6.04. The van der Waals surface area contributed by atoms with E-state index in [1.165, 1.54) is 0 Å². The van der Waals surface area contributed by atoms with Crippen LogP contribution in [-0.4, -0.2) is 53.4 Å². The molecule has 0 bridgehead atoms. The van der Waals surface area contributed by atoms with E-state index in [1.54, 1.807) is 18.5 Å². The monoisotopic (exact) mass is 335 g/mol. The molecule has 1 N–H and O–H groups in total. The van der Waals surface area contributed by atoms with Crippen molar-refractivity contribution in [2.75, 3.05) is 38.0 Å². The van der Waals surface area contributed by atoms with Crippen LogP contribution in [0.4, 0.5) is 5.69 Å². The van der Waals surface area contributed by atoms with Gasteiger partial charge < -0.3 is 5.32 Å². The number of aromatic nitrogens is 1. The summed E-state index contributed by atoms with van der Waals surface area (Å²) in [4.78, 5) is 20.4. The van der Waals surface area contributed by atoms with E-state index in [1.807, 2.05) is 36.4 Å². The SMILES string of the molecule is N#C[C@H](c1ccccc1)N1CCN(CC(=O)Nc2cccnc2)CC1. The average molecular weight is 335 g/mol. The van der Waals surface area contributed by atoms with Crippen molar-refractivity contribution in [3.63, 3.8) is 0 Å². The third kappa shape index (κ3) is 4.63. The van der Waals surface area contributed by atoms with Gasteiger partial charge in [0.25, 0.3) is 0 Å². The summed E-state index contributed by atoms with van der Waals surface area (Å²) in [5.41, 5.74) is 1.73. The molecule has 1 fully saturated rings. The van der Waals surface area contributed by atoms with Crippen molar-refractivity contribution in [2.24, 2.45) is 0 Å². The van der Waals surface area contributed by atoms with E-state index in [4.69, 9.17) is 0 Å². The Morgan fingerprint density at radius 1 is 1.16 bits per heavy atom. The van der Waals surface area contributed by atoms with Gasteiger partial charge in [0.2, 0.25) is 5.91 Å². The molecule has 25 heavy (non-hydrogen) atoms. The Kier molecular flexibility index (Phi) is 5.73. The minimum atomic E-state index is -0.229. The van der Waals surface area contributed by atoms with Crippen LogP contribution in [0.3, 0.4) is 0 Å². The number of benzene rings is 1. The summed E-state index contributed by atoms with van der Waals surface area (Å²) in [5.74, 6) is -0.0404. The maximum Gasteiger partial charge on any atom is 0.238 e. The zero-order valence-corrected chi connectivity index (χ0v) is 14.0. The van der Waals surface area contributed by atoms with E-state index >= 15 is 0 Å². The number of piperazine rings is 1. The van der Waals surface area contributed by atoms with Crippen molar-refractivity contribution >= 4 is 11.6 Å². The number of carbonyl (C=O) groups is 1. The number of amides is 1. The van der Waals surface area contributed by atoms with Gasteiger partial charge >= 0.3 is 0 Å². The van der Waals surface area contributed by atoms with Crippen molar-refractivity contribution in [3.8, 4) is 6.07 Å². The molecule has 0 spiro atoms. The highest BCUT2D eigenvalue weighted by Gasteiger charge is 2.25. The number of hydrogen-bond acceptors (Lipinski definition) is 5. The van der Waals surface area contributed by atoms with Crippen LogP contribution in [0, 0.1) is 11.3 Å². The second-order valence-electron chi connectivity index (χ2n) is 6.04. The second kappa shape index (κ2) is 8.38. The fourth-order valence-corrected chi connectivity index (χ4v) is 3.02. The van der Waals surface area contributed by atoms with Gasteiger partial charge in [0.1, 0.15) is 6.04 Å². The van der Waals surface area contributed by atoms with Crippen LogP contribution in [0.2, 0.25) is 0 Å². The average Bonchev–Trinajstić information content (AvgIpc) is 2.65. The molecule has 2 aromatic rings. The van der Waals surface area contributed by atoms with Crippen LogP contribution in [0.25, 0.3) is 0 Å². The lowest BCUT2D eigenvalue weighted by Crippen LogP contribution is -2.49. The van der Waals surface area contributed by atoms with Crippen LogP contribution in [0.15, 0.2) is 54.9 Å². The first kappa shape index (κ1) is 17.1. The van der Waals surface area contributed by atoms with Gasteiger partial charge in [0.15, 0.2) is 0 Å². The topological polar surface area (TPSA) is 72.3 Å². The van der Waals surface area contributed by atoms with E-state index in [0.29, 0.717) is 12.2 Å². The number of pyridine rings is 1. The van der Waals surface area contributed by atoms with Crippen molar-refractivity contribution in [3.05, 3.63) is 60.4 Å². The van der Waals surface area contributed by atoms with Gasteiger partial charge in [-0.15, -0.1) is 0 Å². The van der Waals surface area contributed by atoms with Crippen molar-refractivity contribution in [2.45, 2.75) is 6.04 Å². The fraction of sp³-hybridized carbons (Fsp3) is 0.316. The molecule has 3 rings (SSSR count). The van der Waals surface area contributed by atoms with Gasteiger partial charge in [-0.2, -0.15) is 5.26 Å². The first-order valence-electron chi connectivity index (χ1n) is 8.37. The summed E-state index contributed by atoms with van der Waals surface area (Å²) >= 11 is 0. The molecule has 6 nitrogen and oxygen atoms in total. The number of nitrogens with zero attached hydrogens (tertiary/aromatic N) is 4. The van der Waals surface area contributed by atoms with Gasteiger partial charge in [-0.25, -0.2) is 0 Å². The van der Waals surface area contributed by atoms with Crippen LogP contribution in [-0.2, 0) is 4.79 Å².